The van der Waals surface area contributed by atoms with Gasteiger partial charge in [-0.15, -0.1) is 25.3 Å². The summed E-state index contributed by atoms with van der Waals surface area (Å²) in [6.45, 7) is 3.64. The summed E-state index contributed by atoms with van der Waals surface area (Å²) >= 11 is 8.37. The van der Waals surface area contributed by atoms with Crippen molar-refractivity contribution in [3.8, 4) is 0 Å². The molecule has 0 spiro atoms. The average molecular weight is 168 g/mol. The molecule has 1 aromatic carbocycles. The number of hydrogen-bond donors (Lipinski definition) is 2. The van der Waals surface area contributed by atoms with Crippen molar-refractivity contribution in [1.82, 2.24) is 0 Å². The monoisotopic (exact) mass is 168 g/mol. The minimum Gasteiger partial charge on any atom is -0.142 e. The smallest absolute Gasteiger partial charge is 0.0180 e. The van der Waals surface area contributed by atoms with Crippen LogP contribution in [0.1, 0.15) is 5.56 Å². The van der Waals surface area contributed by atoms with Crippen LogP contribution in [0.3, 0.4) is 0 Å². The normalized spacial score (nSPS) is 9.40. The van der Waals surface area contributed by atoms with E-state index < -0.39 is 0 Å². The van der Waals surface area contributed by atoms with Gasteiger partial charge in [-0.2, -0.15) is 0 Å². The molecule has 0 nitrogen and oxygen atoms in total. The van der Waals surface area contributed by atoms with E-state index in [4.69, 9.17) is 0 Å². The molecule has 0 atom stereocenters. The van der Waals surface area contributed by atoms with E-state index in [1.165, 1.54) is 0 Å². The Bertz CT molecular complexity index is 253. The van der Waals surface area contributed by atoms with Crippen molar-refractivity contribution in [2.24, 2.45) is 0 Å². The van der Waals surface area contributed by atoms with E-state index in [1.54, 1.807) is 6.08 Å². The van der Waals surface area contributed by atoms with Crippen LogP contribution >= 0.6 is 25.3 Å². The number of benzene rings is 1. The largest absolute Gasteiger partial charge is 0.142 e. The summed E-state index contributed by atoms with van der Waals surface area (Å²) in [5.41, 5.74) is 1.07. The zero-order chi connectivity index (χ0) is 7.56. The molecule has 0 amide bonds. The third-order valence-electron chi connectivity index (χ3n) is 1.24. The summed E-state index contributed by atoms with van der Waals surface area (Å²) in [6, 6.07) is 5.79. The minimum atomic E-state index is 0.890. The van der Waals surface area contributed by atoms with E-state index >= 15 is 0 Å². The van der Waals surface area contributed by atoms with Gasteiger partial charge in [0.1, 0.15) is 0 Å². The predicted octanol–water partition coefficient (Wildman–Crippen LogP) is 2.91. The lowest BCUT2D eigenvalue weighted by Crippen LogP contribution is -1.73. The summed E-state index contributed by atoms with van der Waals surface area (Å²) < 4.78 is 0. The van der Waals surface area contributed by atoms with E-state index in [0.29, 0.717) is 0 Å². The Hall–Kier alpha value is -0.340. The summed E-state index contributed by atoms with van der Waals surface area (Å²) in [5, 5.41) is 0. The van der Waals surface area contributed by atoms with Crippen molar-refractivity contribution in [3.63, 3.8) is 0 Å². The molecule has 0 heterocycles. The fourth-order valence-corrected chi connectivity index (χ4v) is 1.03. The van der Waals surface area contributed by atoms with Crippen LogP contribution in [0.5, 0.6) is 0 Å². The lowest BCUT2D eigenvalue weighted by molar-refractivity contribution is 1.26. The van der Waals surface area contributed by atoms with Gasteiger partial charge in [0.05, 0.1) is 0 Å². The molecule has 0 aliphatic carbocycles. The lowest BCUT2D eigenvalue weighted by Gasteiger charge is -1.97. The van der Waals surface area contributed by atoms with Crippen LogP contribution in [0.4, 0.5) is 0 Å². The van der Waals surface area contributed by atoms with E-state index in [0.717, 1.165) is 15.4 Å². The minimum absolute atomic E-state index is 0.890. The van der Waals surface area contributed by atoms with Gasteiger partial charge in [-0.05, 0) is 17.7 Å². The molecule has 1 rings (SSSR count). The molecule has 52 valence electrons. The molecule has 0 N–H and O–H groups in total. The topological polar surface area (TPSA) is 0 Å². The maximum absolute atomic E-state index is 4.20. The highest BCUT2D eigenvalue weighted by atomic mass is 32.1. The first kappa shape index (κ1) is 7.76. The Labute approximate surface area is 71.8 Å². The SMILES string of the molecule is C=Cc1ccc(S)c(S)c1. The molecule has 0 aliphatic rings. The van der Waals surface area contributed by atoms with E-state index in [9.17, 15) is 0 Å². The zero-order valence-corrected chi connectivity index (χ0v) is 7.20. The van der Waals surface area contributed by atoms with Crippen molar-refractivity contribution in [2.45, 2.75) is 9.79 Å². The number of thiol groups is 2. The molecule has 2 heteroatoms. The quantitative estimate of drug-likeness (QED) is 0.592. The molecule has 1 aromatic rings. The predicted molar refractivity (Wildman–Crippen MR) is 51.0 cm³/mol. The standard InChI is InChI=1S/C8H8S2/c1-2-6-3-4-7(9)8(10)5-6/h2-5,9-10H,1H2. The Morgan fingerprint density at radius 2 is 1.90 bits per heavy atom. The van der Waals surface area contributed by atoms with Gasteiger partial charge in [0, 0.05) is 9.79 Å². The average Bonchev–Trinajstić information content (AvgIpc) is 1.95. The second-order valence-electron chi connectivity index (χ2n) is 1.95. The summed E-state index contributed by atoms with van der Waals surface area (Å²) in [6.07, 6.45) is 1.78. The van der Waals surface area contributed by atoms with Gasteiger partial charge in [-0.3, -0.25) is 0 Å². The first-order valence-electron chi connectivity index (χ1n) is 2.88. The van der Waals surface area contributed by atoms with Crippen LogP contribution in [0.25, 0.3) is 6.08 Å². The molecule has 0 saturated carbocycles. The summed E-state index contributed by atoms with van der Waals surface area (Å²) in [4.78, 5) is 1.79. The molecular weight excluding hydrogens is 160 g/mol. The highest BCUT2D eigenvalue weighted by molar-refractivity contribution is 7.83. The van der Waals surface area contributed by atoms with Gasteiger partial charge in [0.25, 0.3) is 0 Å². The molecule has 0 bridgehead atoms. The third kappa shape index (κ3) is 1.58. The van der Waals surface area contributed by atoms with Crippen molar-refractivity contribution >= 4 is 31.3 Å². The van der Waals surface area contributed by atoms with Crippen LogP contribution in [0, 0.1) is 0 Å². The fraction of sp³-hybridized carbons (Fsp3) is 0. The first-order valence-corrected chi connectivity index (χ1v) is 3.78. The van der Waals surface area contributed by atoms with Gasteiger partial charge in [0.2, 0.25) is 0 Å². The Balaban J connectivity index is 3.16. The second-order valence-corrected chi connectivity index (χ2v) is 2.92. The molecule has 0 aliphatic heterocycles. The highest BCUT2D eigenvalue weighted by Crippen LogP contribution is 2.19. The van der Waals surface area contributed by atoms with Gasteiger partial charge in [-0.25, -0.2) is 0 Å². The second kappa shape index (κ2) is 3.17. The molecular formula is C8H8S2. The Kier molecular flexibility index (Phi) is 2.46. The van der Waals surface area contributed by atoms with Gasteiger partial charge >= 0.3 is 0 Å². The Morgan fingerprint density at radius 3 is 2.40 bits per heavy atom. The third-order valence-corrected chi connectivity index (χ3v) is 2.17. The van der Waals surface area contributed by atoms with E-state index in [-0.39, 0.29) is 0 Å². The van der Waals surface area contributed by atoms with Crippen molar-refractivity contribution in [2.75, 3.05) is 0 Å². The van der Waals surface area contributed by atoms with Gasteiger partial charge in [0.15, 0.2) is 0 Å². The summed E-state index contributed by atoms with van der Waals surface area (Å²) in [7, 11) is 0. The van der Waals surface area contributed by atoms with Gasteiger partial charge in [-0.1, -0.05) is 18.7 Å². The van der Waals surface area contributed by atoms with Crippen LogP contribution in [-0.4, -0.2) is 0 Å². The van der Waals surface area contributed by atoms with Crippen molar-refractivity contribution in [3.05, 3.63) is 30.3 Å². The molecule has 0 aromatic heterocycles. The molecule has 0 unspecified atom stereocenters. The highest BCUT2D eigenvalue weighted by Gasteiger charge is 1.92. The van der Waals surface area contributed by atoms with Crippen LogP contribution in [0.2, 0.25) is 0 Å². The summed E-state index contributed by atoms with van der Waals surface area (Å²) in [5.74, 6) is 0. The maximum Gasteiger partial charge on any atom is 0.0180 e. The van der Waals surface area contributed by atoms with Crippen molar-refractivity contribution in [1.29, 1.82) is 0 Å². The number of rotatable bonds is 1. The maximum atomic E-state index is 4.20. The first-order chi connectivity index (χ1) is 4.74. The van der Waals surface area contributed by atoms with Crippen LogP contribution in [0.15, 0.2) is 34.6 Å². The molecule has 0 saturated heterocycles. The molecule has 0 fully saturated rings. The Morgan fingerprint density at radius 1 is 1.20 bits per heavy atom. The van der Waals surface area contributed by atoms with Crippen molar-refractivity contribution < 1.29 is 0 Å². The van der Waals surface area contributed by atoms with E-state index in [2.05, 4.69) is 31.8 Å². The molecule has 0 radical (unpaired) electrons. The van der Waals surface area contributed by atoms with Gasteiger partial charge < -0.3 is 0 Å². The van der Waals surface area contributed by atoms with Crippen LogP contribution < -0.4 is 0 Å². The van der Waals surface area contributed by atoms with Crippen LogP contribution in [-0.2, 0) is 0 Å². The molecule has 10 heavy (non-hydrogen) atoms. The number of hydrogen-bond acceptors (Lipinski definition) is 2. The zero-order valence-electron chi connectivity index (χ0n) is 5.41. The van der Waals surface area contributed by atoms with E-state index in [1.807, 2.05) is 18.2 Å². The fourth-order valence-electron chi connectivity index (χ4n) is 0.667. The lowest BCUT2D eigenvalue weighted by atomic mass is 10.2.